The molecular formula is C16H20N2O7S. The summed E-state index contributed by atoms with van der Waals surface area (Å²) in [5.41, 5.74) is 0.548. The predicted molar refractivity (Wildman–Crippen MR) is 94.4 cm³/mol. The van der Waals surface area contributed by atoms with E-state index in [1.807, 2.05) is 0 Å². The molecule has 0 radical (unpaired) electrons. The normalized spacial score (nSPS) is 19.4. The maximum atomic E-state index is 12.3. The molecule has 1 heterocycles. The molecule has 1 aliphatic rings. The van der Waals surface area contributed by atoms with Crippen molar-refractivity contribution in [2.45, 2.75) is 24.3 Å². The number of nitro benzene ring substituents is 1. The van der Waals surface area contributed by atoms with E-state index in [4.69, 9.17) is 9.47 Å². The molecule has 2 atom stereocenters. The molecule has 1 amide bonds. The van der Waals surface area contributed by atoms with Crippen LogP contribution >= 0.6 is 11.8 Å². The van der Waals surface area contributed by atoms with Crippen molar-refractivity contribution >= 4 is 29.3 Å². The summed E-state index contributed by atoms with van der Waals surface area (Å²) >= 11 is 1.27. The number of likely N-dealkylation sites (tertiary alicyclic amines) is 1. The van der Waals surface area contributed by atoms with Gasteiger partial charge >= 0.3 is 11.7 Å². The first kappa shape index (κ1) is 20.0. The lowest BCUT2D eigenvalue weighted by atomic mass is 10.2. The number of nitro groups is 1. The van der Waals surface area contributed by atoms with E-state index in [2.05, 4.69) is 0 Å². The minimum atomic E-state index is -1.05. The molecule has 0 aliphatic carbocycles. The molecule has 142 valence electrons. The fraction of sp³-hybridized carbons (Fsp3) is 0.500. The van der Waals surface area contributed by atoms with E-state index in [1.165, 1.54) is 43.0 Å². The van der Waals surface area contributed by atoms with Crippen LogP contribution in [0.4, 0.5) is 5.69 Å². The molecule has 0 spiro atoms. The number of thioether (sulfide) groups is 1. The van der Waals surface area contributed by atoms with E-state index in [-0.39, 0.29) is 42.2 Å². The van der Waals surface area contributed by atoms with Crippen molar-refractivity contribution in [2.75, 3.05) is 26.5 Å². The second-order valence-corrected chi connectivity index (χ2v) is 6.74. The number of carbonyl (C=O) groups is 2. The molecule has 1 saturated heterocycles. The number of hydrogen-bond acceptors (Lipinski definition) is 7. The van der Waals surface area contributed by atoms with Gasteiger partial charge in [-0.25, -0.2) is 4.79 Å². The topological polar surface area (TPSA) is 119 Å². The number of ether oxygens (including phenoxy) is 2. The SMILES string of the molecule is COc1ccc(CSCC(=O)N2CC(OC)CC2C(=O)O)cc1[N+](=O)[O-]. The largest absolute Gasteiger partial charge is 0.490 e. The summed E-state index contributed by atoms with van der Waals surface area (Å²) in [7, 11) is 2.85. The van der Waals surface area contributed by atoms with E-state index in [0.29, 0.717) is 11.3 Å². The van der Waals surface area contributed by atoms with E-state index >= 15 is 0 Å². The van der Waals surface area contributed by atoms with Gasteiger partial charge in [-0.05, 0) is 11.6 Å². The molecule has 1 aromatic rings. The number of hydrogen-bond donors (Lipinski definition) is 1. The molecule has 2 rings (SSSR count). The molecule has 0 bridgehead atoms. The predicted octanol–water partition coefficient (Wildman–Crippen LogP) is 1.54. The Hall–Kier alpha value is -2.33. The minimum Gasteiger partial charge on any atom is -0.490 e. The van der Waals surface area contributed by atoms with Gasteiger partial charge in [0, 0.05) is 31.9 Å². The van der Waals surface area contributed by atoms with Crippen molar-refractivity contribution in [3.63, 3.8) is 0 Å². The second kappa shape index (κ2) is 8.86. The first-order chi connectivity index (χ1) is 12.4. The first-order valence-corrected chi connectivity index (χ1v) is 8.97. The zero-order valence-corrected chi connectivity index (χ0v) is 15.2. The summed E-state index contributed by atoms with van der Waals surface area (Å²) < 4.78 is 10.1. The third-order valence-electron chi connectivity index (χ3n) is 4.14. The van der Waals surface area contributed by atoms with E-state index in [9.17, 15) is 24.8 Å². The van der Waals surface area contributed by atoms with Gasteiger partial charge in [0.1, 0.15) is 6.04 Å². The summed E-state index contributed by atoms with van der Waals surface area (Å²) in [4.78, 5) is 35.5. The Kier molecular flexibility index (Phi) is 6.81. The summed E-state index contributed by atoms with van der Waals surface area (Å²) in [6, 6.07) is 3.74. The number of amides is 1. The molecule has 1 aliphatic heterocycles. The van der Waals surface area contributed by atoms with Crippen LogP contribution in [-0.2, 0) is 20.1 Å². The van der Waals surface area contributed by atoms with Gasteiger partial charge in [-0.2, -0.15) is 0 Å². The zero-order valence-electron chi connectivity index (χ0n) is 14.4. The Bertz CT molecular complexity index is 697. The van der Waals surface area contributed by atoms with Crippen molar-refractivity contribution < 1.29 is 29.1 Å². The summed E-state index contributed by atoms with van der Waals surface area (Å²) in [6.07, 6.45) is -0.0123. The summed E-state index contributed by atoms with van der Waals surface area (Å²) in [5.74, 6) is -0.693. The van der Waals surface area contributed by atoms with E-state index in [0.717, 1.165) is 0 Å². The maximum absolute atomic E-state index is 12.3. The lowest BCUT2D eigenvalue weighted by Crippen LogP contribution is -2.41. The van der Waals surface area contributed by atoms with Gasteiger partial charge in [0.25, 0.3) is 0 Å². The number of methoxy groups -OCH3 is 2. The number of carbonyl (C=O) groups excluding carboxylic acids is 1. The Balaban J connectivity index is 1.95. The highest BCUT2D eigenvalue weighted by Gasteiger charge is 2.39. The molecule has 0 saturated carbocycles. The van der Waals surface area contributed by atoms with Crippen LogP contribution in [0.1, 0.15) is 12.0 Å². The smallest absolute Gasteiger partial charge is 0.326 e. The maximum Gasteiger partial charge on any atom is 0.326 e. The molecule has 9 nitrogen and oxygen atoms in total. The number of rotatable bonds is 8. The highest BCUT2D eigenvalue weighted by Crippen LogP contribution is 2.29. The first-order valence-electron chi connectivity index (χ1n) is 7.81. The number of benzene rings is 1. The zero-order chi connectivity index (χ0) is 19.3. The lowest BCUT2D eigenvalue weighted by molar-refractivity contribution is -0.385. The number of nitrogens with zero attached hydrogens (tertiary/aromatic N) is 2. The Labute approximate surface area is 154 Å². The van der Waals surface area contributed by atoms with Gasteiger partial charge in [0.2, 0.25) is 5.91 Å². The third-order valence-corrected chi connectivity index (χ3v) is 5.12. The van der Waals surface area contributed by atoms with Crippen molar-refractivity contribution in [3.05, 3.63) is 33.9 Å². The van der Waals surface area contributed by atoms with Gasteiger partial charge in [-0.1, -0.05) is 6.07 Å². The van der Waals surface area contributed by atoms with Gasteiger partial charge in [-0.15, -0.1) is 11.8 Å². The van der Waals surface area contributed by atoms with E-state index in [1.54, 1.807) is 6.07 Å². The lowest BCUT2D eigenvalue weighted by Gasteiger charge is -2.21. The second-order valence-electron chi connectivity index (χ2n) is 5.75. The van der Waals surface area contributed by atoms with Gasteiger partial charge in [0.15, 0.2) is 5.75 Å². The van der Waals surface area contributed by atoms with Crippen molar-refractivity contribution in [3.8, 4) is 5.75 Å². The Morgan fingerprint density at radius 1 is 1.42 bits per heavy atom. The average molecular weight is 384 g/mol. The quantitative estimate of drug-likeness (QED) is 0.529. The molecule has 1 N–H and O–H groups in total. The van der Waals surface area contributed by atoms with Crippen LogP contribution in [0.2, 0.25) is 0 Å². The average Bonchev–Trinajstić information content (AvgIpc) is 3.06. The molecule has 0 aromatic heterocycles. The van der Waals surface area contributed by atoms with Crippen LogP contribution in [0, 0.1) is 10.1 Å². The number of aliphatic carboxylic acids is 1. The summed E-state index contributed by atoms with van der Waals surface area (Å²) in [6.45, 7) is 0.251. The molecule has 1 fully saturated rings. The molecule has 10 heteroatoms. The monoisotopic (exact) mass is 384 g/mol. The van der Waals surface area contributed by atoms with Crippen molar-refractivity contribution in [1.82, 2.24) is 4.90 Å². The molecule has 26 heavy (non-hydrogen) atoms. The summed E-state index contributed by atoms with van der Waals surface area (Å²) in [5, 5.41) is 20.3. The van der Waals surface area contributed by atoms with Gasteiger partial charge < -0.3 is 19.5 Å². The van der Waals surface area contributed by atoms with Crippen molar-refractivity contribution in [2.24, 2.45) is 0 Å². The standard InChI is InChI=1S/C16H20N2O7S/c1-24-11-6-13(16(20)21)17(7-11)15(19)9-26-8-10-3-4-14(25-2)12(5-10)18(22)23/h3-5,11,13H,6-9H2,1-2H3,(H,20,21). The number of carboxylic acid groups (broad SMARTS) is 1. The van der Waals surface area contributed by atoms with Crippen LogP contribution in [-0.4, -0.2) is 65.5 Å². The Morgan fingerprint density at radius 3 is 2.73 bits per heavy atom. The van der Waals surface area contributed by atoms with Crippen molar-refractivity contribution in [1.29, 1.82) is 0 Å². The number of carboxylic acids is 1. The highest BCUT2D eigenvalue weighted by atomic mass is 32.2. The van der Waals surface area contributed by atoms with Crippen LogP contribution in [0.25, 0.3) is 0 Å². The minimum absolute atomic E-state index is 0.0834. The van der Waals surface area contributed by atoms with Crippen LogP contribution in [0.5, 0.6) is 5.75 Å². The Morgan fingerprint density at radius 2 is 2.15 bits per heavy atom. The third kappa shape index (κ3) is 4.64. The van der Waals surface area contributed by atoms with Crippen LogP contribution in [0.15, 0.2) is 18.2 Å². The van der Waals surface area contributed by atoms with Gasteiger partial charge in [-0.3, -0.25) is 14.9 Å². The highest BCUT2D eigenvalue weighted by molar-refractivity contribution is 7.99. The van der Waals surface area contributed by atoms with Crippen LogP contribution < -0.4 is 4.74 Å². The molecule has 1 aromatic carbocycles. The van der Waals surface area contributed by atoms with Crippen LogP contribution in [0.3, 0.4) is 0 Å². The molecular weight excluding hydrogens is 364 g/mol. The fourth-order valence-corrected chi connectivity index (χ4v) is 3.64. The fourth-order valence-electron chi connectivity index (χ4n) is 2.79. The van der Waals surface area contributed by atoms with E-state index < -0.39 is 16.9 Å². The molecule has 2 unspecified atom stereocenters. The van der Waals surface area contributed by atoms with Gasteiger partial charge in [0.05, 0.1) is 23.9 Å².